The predicted octanol–water partition coefficient (Wildman–Crippen LogP) is 3.23. The maximum atomic E-state index is 14.1. The fourth-order valence-corrected chi connectivity index (χ4v) is 3.29. The van der Waals surface area contributed by atoms with E-state index in [4.69, 9.17) is 0 Å². The summed E-state index contributed by atoms with van der Waals surface area (Å²) < 4.78 is 14.1. The van der Waals surface area contributed by atoms with Crippen LogP contribution < -0.4 is 10.6 Å². The van der Waals surface area contributed by atoms with Crippen molar-refractivity contribution in [2.24, 2.45) is 10.4 Å². The Bertz CT molecular complexity index is 583. The fourth-order valence-electron chi connectivity index (χ4n) is 3.29. The Kier molecular flexibility index (Phi) is 8.12. The second-order valence-electron chi connectivity index (χ2n) is 7.94. The lowest BCUT2D eigenvalue weighted by molar-refractivity contribution is 0.241. The standard InChI is InChI=1S/C19H31FN4.HI/c1-18(2,14-24(4)5)12-22-17(21-3)23-13-19(10-11-19)15-8-6-7-9-16(15)20;/h6-9H,10-14H2,1-5H3,(H2,21,22,23);1H. The normalized spacial score (nSPS) is 16.4. The molecule has 0 saturated heterocycles. The van der Waals surface area contributed by atoms with Crippen molar-refractivity contribution in [2.75, 3.05) is 40.8 Å². The molecular weight excluding hydrogens is 430 g/mol. The minimum atomic E-state index is -0.105. The van der Waals surface area contributed by atoms with Gasteiger partial charge in [-0.15, -0.1) is 24.0 Å². The third-order valence-electron chi connectivity index (χ3n) is 4.60. The van der Waals surface area contributed by atoms with Crippen molar-refractivity contribution in [1.82, 2.24) is 15.5 Å². The summed E-state index contributed by atoms with van der Waals surface area (Å²) in [5.74, 6) is 0.677. The molecule has 0 bridgehead atoms. The van der Waals surface area contributed by atoms with Gasteiger partial charge in [0.15, 0.2) is 5.96 Å². The van der Waals surface area contributed by atoms with Crippen LogP contribution in [0.15, 0.2) is 29.3 Å². The molecule has 2 rings (SSSR count). The van der Waals surface area contributed by atoms with Crippen molar-refractivity contribution in [3.63, 3.8) is 0 Å². The second-order valence-corrected chi connectivity index (χ2v) is 7.94. The minimum absolute atomic E-state index is 0. The first-order valence-electron chi connectivity index (χ1n) is 8.62. The van der Waals surface area contributed by atoms with E-state index in [0.717, 1.165) is 37.5 Å². The van der Waals surface area contributed by atoms with Crippen LogP contribution in [0, 0.1) is 11.2 Å². The number of guanidine groups is 1. The second kappa shape index (κ2) is 9.16. The Hall–Kier alpha value is -0.890. The number of rotatable bonds is 7. The highest BCUT2D eigenvalue weighted by Crippen LogP contribution is 2.48. The van der Waals surface area contributed by atoms with Crippen LogP contribution in [-0.2, 0) is 5.41 Å². The first kappa shape index (κ1) is 22.2. The Labute approximate surface area is 168 Å². The van der Waals surface area contributed by atoms with Crippen molar-refractivity contribution in [3.8, 4) is 0 Å². The van der Waals surface area contributed by atoms with Crippen LogP contribution in [0.25, 0.3) is 0 Å². The zero-order valence-electron chi connectivity index (χ0n) is 16.0. The summed E-state index contributed by atoms with van der Waals surface area (Å²) >= 11 is 0. The first-order chi connectivity index (χ1) is 11.3. The molecule has 0 aromatic heterocycles. The molecule has 1 aromatic rings. The summed E-state index contributed by atoms with van der Waals surface area (Å²) in [6.07, 6.45) is 2.04. The van der Waals surface area contributed by atoms with E-state index in [9.17, 15) is 4.39 Å². The van der Waals surface area contributed by atoms with Crippen molar-refractivity contribution < 1.29 is 4.39 Å². The molecule has 0 spiro atoms. The smallest absolute Gasteiger partial charge is 0.191 e. The van der Waals surface area contributed by atoms with Crippen LogP contribution >= 0.6 is 24.0 Å². The molecule has 25 heavy (non-hydrogen) atoms. The van der Waals surface area contributed by atoms with Gasteiger partial charge in [-0.3, -0.25) is 4.99 Å². The van der Waals surface area contributed by atoms with Crippen LogP contribution in [0.1, 0.15) is 32.3 Å². The van der Waals surface area contributed by atoms with Crippen LogP contribution in [0.5, 0.6) is 0 Å². The predicted molar refractivity (Wildman–Crippen MR) is 114 cm³/mol. The lowest BCUT2D eigenvalue weighted by Gasteiger charge is -2.29. The van der Waals surface area contributed by atoms with Gasteiger partial charge in [-0.05, 0) is 44.0 Å². The molecule has 0 atom stereocenters. The number of nitrogens with one attached hydrogen (secondary N) is 2. The van der Waals surface area contributed by atoms with Crippen molar-refractivity contribution >= 4 is 29.9 Å². The topological polar surface area (TPSA) is 39.7 Å². The van der Waals surface area contributed by atoms with Gasteiger partial charge in [-0.1, -0.05) is 32.0 Å². The lowest BCUT2D eigenvalue weighted by atomic mass is 9.93. The van der Waals surface area contributed by atoms with E-state index in [0.29, 0.717) is 6.54 Å². The number of nitrogens with zero attached hydrogens (tertiary/aromatic N) is 2. The summed E-state index contributed by atoms with van der Waals surface area (Å²) in [6.45, 7) is 7.00. The third kappa shape index (κ3) is 6.40. The molecule has 1 aliphatic carbocycles. The van der Waals surface area contributed by atoms with Gasteiger partial charge in [0.05, 0.1) is 0 Å². The average Bonchev–Trinajstić information content (AvgIpc) is 3.27. The quantitative estimate of drug-likeness (QED) is 0.372. The number of benzene rings is 1. The van der Waals surface area contributed by atoms with Crippen LogP contribution in [-0.4, -0.2) is 51.6 Å². The number of aliphatic imine (C=N–C) groups is 1. The average molecular weight is 462 g/mol. The van der Waals surface area contributed by atoms with Gasteiger partial charge >= 0.3 is 0 Å². The highest BCUT2D eigenvalue weighted by molar-refractivity contribution is 14.0. The number of hydrogen-bond donors (Lipinski definition) is 2. The van der Waals surface area contributed by atoms with E-state index >= 15 is 0 Å². The van der Waals surface area contributed by atoms with Crippen LogP contribution in [0.4, 0.5) is 4.39 Å². The Morgan fingerprint density at radius 2 is 1.88 bits per heavy atom. The van der Waals surface area contributed by atoms with Crippen molar-refractivity contribution in [3.05, 3.63) is 35.6 Å². The molecule has 1 aliphatic rings. The first-order valence-corrected chi connectivity index (χ1v) is 8.62. The maximum absolute atomic E-state index is 14.1. The summed E-state index contributed by atoms with van der Waals surface area (Å²) in [6, 6.07) is 7.11. The highest BCUT2D eigenvalue weighted by atomic mass is 127. The van der Waals surface area contributed by atoms with Gasteiger partial charge in [-0.25, -0.2) is 4.39 Å². The molecule has 0 aliphatic heterocycles. The molecule has 6 heteroatoms. The fraction of sp³-hybridized carbons (Fsp3) is 0.632. The Morgan fingerprint density at radius 1 is 1.24 bits per heavy atom. The molecule has 1 fully saturated rings. The molecule has 142 valence electrons. The molecule has 0 amide bonds. The van der Waals surface area contributed by atoms with Gasteiger partial charge in [0, 0.05) is 32.1 Å². The van der Waals surface area contributed by atoms with Gasteiger partial charge in [0.1, 0.15) is 5.82 Å². The highest BCUT2D eigenvalue weighted by Gasteiger charge is 2.45. The zero-order chi connectivity index (χ0) is 17.8. The summed E-state index contributed by atoms with van der Waals surface area (Å²) in [7, 11) is 5.94. The zero-order valence-corrected chi connectivity index (χ0v) is 18.4. The molecule has 4 nitrogen and oxygen atoms in total. The van der Waals surface area contributed by atoms with E-state index in [1.54, 1.807) is 19.2 Å². The van der Waals surface area contributed by atoms with E-state index in [1.807, 2.05) is 12.1 Å². The summed E-state index contributed by atoms with van der Waals surface area (Å²) in [5, 5.41) is 6.78. The van der Waals surface area contributed by atoms with Crippen LogP contribution in [0.3, 0.4) is 0 Å². The van der Waals surface area contributed by atoms with Crippen molar-refractivity contribution in [2.45, 2.75) is 32.1 Å². The van der Waals surface area contributed by atoms with E-state index in [1.165, 1.54) is 0 Å². The molecule has 0 radical (unpaired) electrons. The van der Waals surface area contributed by atoms with Crippen LogP contribution in [0.2, 0.25) is 0 Å². The van der Waals surface area contributed by atoms with E-state index in [-0.39, 0.29) is 40.6 Å². The van der Waals surface area contributed by atoms with Gasteiger partial charge in [0.2, 0.25) is 0 Å². The third-order valence-corrected chi connectivity index (χ3v) is 4.60. The molecule has 1 aromatic carbocycles. The summed E-state index contributed by atoms with van der Waals surface area (Å²) in [4.78, 5) is 6.49. The lowest BCUT2D eigenvalue weighted by Crippen LogP contribution is -2.46. The Balaban J connectivity index is 0.00000312. The minimum Gasteiger partial charge on any atom is -0.356 e. The SMILES string of the molecule is CN=C(NCC(C)(C)CN(C)C)NCC1(c2ccccc2F)CC1.I. The molecule has 0 heterocycles. The molecule has 2 N–H and O–H groups in total. The monoisotopic (exact) mass is 462 g/mol. The number of halogens is 2. The number of hydrogen-bond acceptors (Lipinski definition) is 2. The van der Waals surface area contributed by atoms with Gasteiger partial charge in [-0.2, -0.15) is 0 Å². The maximum Gasteiger partial charge on any atom is 0.191 e. The van der Waals surface area contributed by atoms with Crippen molar-refractivity contribution in [1.29, 1.82) is 0 Å². The van der Waals surface area contributed by atoms with E-state index in [2.05, 4.69) is 48.5 Å². The molecule has 0 unspecified atom stereocenters. The summed E-state index contributed by atoms with van der Waals surface area (Å²) in [5.41, 5.74) is 0.882. The van der Waals surface area contributed by atoms with Gasteiger partial charge in [0.25, 0.3) is 0 Å². The Morgan fingerprint density at radius 3 is 2.40 bits per heavy atom. The molecule has 1 saturated carbocycles. The van der Waals surface area contributed by atoms with E-state index < -0.39 is 0 Å². The largest absolute Gasteiger partial charge is 0.356 e. The molecular formula is C19H32FIN4. The van der Waals surface area contributed by atoms with Gasteiger partial charge < -0.3 is 15.5 Å².